The Morgan fingerprint density at radius 1 is 1.03 bits per heavy atom. The molecule has 4 aliphatic carbocycles. The van der Waals surface area contributed by atoms with E-state index in [1.54, 1.807) is 5.57 Å². The minimum absolute atomic E-state index is 0.0256. The Balaban J connectivity index is 1.41. The van der Waals surface area contributed by atoms with Crippen LogP contribution in [-0.2, 0) is 9.53 Å². The van der Waals surface area contributed by atoms with Crippen molar-refractivity contribution in [1.82, 2.24) is 0 Å². The van der Waals surface area contributed by atoms with Gasteiger partial charge in [-0.1, -0.05) is 78.9 Å². The third kappa shape index (κ3) is 5.04. The summed E-state index contributed by atoms with van der Waals surface area (Å²) < 4.78 is 5.92. The lowest BCUT2D eigenvalue weighted by molar-refractivity contribution is -0.151. The topological polar surface area (TPSA) is 26.3 Å². The van der Waals surface area contributed by atoms with E-state index in [4.69, 9.17) is 4.74 Å². The zero-order valence-corrected chi connectivity index (χ0v) is 23.3. The second-order valence-electron chi connectivity index (χ2n) is 13.7. The van der Waals surface area contributed by atoms with E-state index in [2.05, 4.69) is 47.6 Å². The smallest absolute Gasteiger partial charge is 0.306 e. The molecule has 3 fully saturated rings. The summed E-state index contributed by atoms with van der Waals surface area (Å²) in [6.07, 6.45) is 19.9. The molecule has 4 aliphatic rings. The van der Waals surface area contributed by atoms with Crippen LogP contribution in [0.3, 0.4) is 0 Å². The summed E-state index contributed by atoms with van der Waals surface area (Å²) >= 11 is 0. The molecule has 2 heteroatoms. The number of carbonyl (C=O) groups is 1. The van der Waals surface area contributed by atoms with E-state index in [0.717, 1.165) is 61.2 Å². The third-order valence-corrected chi connectivity index (χ3v) is 11.3. The van der Waals surface area contributed by atoms with Crippen LogP contribution < -0.4 is 0 Å². The van der Waals surface area contributed by atoms with Crippen LogP contribution in [0.1, 0.15) is 131 Å². The van der Waals surface area contributed by atoms with Gasteiger partial charge in [-0.2, -0.15) is 0 Å². The second-order valence-corrected chi connectivity index (χ2v) is 13.7. The Bertz CT molecular complexity index is 737. The van der Waals surface area contributed by atoms with Gasteiger partial charge in [0.1, 0.15) is 6.10 Å². The van der Waals surface area contributed by atoms with Gasteiger partial charge in [0.25, 0.3) is 0 Å². The molecular weight excluding hydrogens is 416 g/mol. The fraction of sp³-hybridized carbons (Fsp3) is 0.906. The first kappa shape index (κ1) is 26.3. The molecule has 3 saturated carbocycles. The van der Waals surface area contributed by atoms with Crippen LogP contribution in [0.25, 0.3) is 0 Å². The number of unbranched alkanes of at least 4 members (excludes halogenated alkanes) is 1. The van der Waals surface area contributed by atoms with Crippen molar-refractivity contribution in [1.29, 1.82) is 0 Å². The number of fused-ring (bicyclic) bond motifs is 5. The standard InChI is InChI=1S/C32H54O2/c1-7-8-12-30(33)34-25-17-19-31(5)24(21-25)13-14-26-28-16-15-27(23(4)11-9-10-22(2)3)32(28,6)20-18-29(26)31/h13,22-23,25-29H,7-12,14-21H2,1-6H3/t23-,25+,26-,27+,28-,29-,31+,32+/m1/s1. The van der Waals surface area contributed by atoms with Crippen molar-refractivity contribution in [3.05, 3.63) is 11.6 Å². The van der Waals surface area contributed by atoms with Gasteiger partial charge in [-0.05, 0) is 97.7 Å². The molecule has 0 unspecified atom stereocenters. The number of esters is 1. The van der Waals surface area contributed by atoms with Crippen LogP contribution in [0.5, 0.6) is 0 Å². The summed E-state index contributed by atoms with van der Waals surface area (Å²) in [4.78, 5) is 12.2. The van der Waals surface area contributed by atoms with E-state index < -0.39 is 0 Å². The number of ether oxygens (including phenoxy) is 1. The molecule has 194 valence electrons. The Morgan fingerprint density at radius 2 is 1.82 bits per heavy atom. The summed E-state index contributed by atoms with van der Waals surface area (Å²) in [5.74, 6) is 5.32. The first-order valence-corrected chi connectivity index (χ1v) is 15.1. The Hall–Kier alpha value is -0.790. The quantitative estimate of drug-likeness (QED) is 0.248. The van der Waals surface area contributed by atoms with Gasteiger partial charge in [-0.15, -0.1) is 0 Å². The molecule has 8 atom stereocenters. The van der Waals surface area contributed by atoms with E-state index >= 15 is 0 Å². The molecule has 0 amide bonds. The molecule has 0 heterocycles. The number of carbonyl (C=O) groups excluding carboxylic acids is 1. The lowest BCUT2D eigenvalue weighted by atomic mass is 9.47. The molecule has 0 saturated heterocycles. The maximum atomic E-state index is 12.2. The maximum absolute atomic E-state index is 12.2. The maximum Gasteiger partial charge on any atom is 0.306 e. The Kier molecular flexibility index (Phi) is 8.25. The Labute approximate surface area is 211 Å². The van der Waals surface area contributed by atoms with E-state index in [0.29, 0.717) is 17.3 Å². The van der Waals surface area contributed by atoms with Crippen LogP contribution in [0.2, 0.25) is 0 Å². The molecular formula is C32H54O2. The predicted octanol–water partition coefficient (Wildman–Crippen LogP) is 9.13. The molecule has 34 heavy (non-hydrogen) atoms. The fourth-order valence-electron chi connectivity index (χ4n) is 9.32. The minimum Gasteiger partial charge on any atom is -0.462 e. The highest BCUT2D eigenvalue weighted by atomic mass is 16.5. The first-order chi connectivity index (χ1) is 16.2. The molecule has 0 spiro atoms. The average Bonchev–Trinajstić information content (AvgIpc) is 3.15. The predicted molar refractivity (Wildman–Crippen MR) is 142 cm³/mol. The van der Waals surface area contributed by atoms with Crippen molar-refractivity contribution in [2.45, 2.75) is 138 Å². The fourth-order valence-corrected chi connectivity index (χ4v) is 9.32. The summed E-state index contributed by atoms with van der Waals surface area (Å²) in [5.41, 5.74) is 2.54. The molecule has 0 N–H and O–H groups in total. The van der Waals surface area contributed by atoms with Crippen molar-refractivity contribution in [3.63, 3.8) is 0 Å². The molecule has 0 bridgehead atoms. The van der Waals surface area contributed by atoms with Crippen molar-refractivity contribution in [2.75, 3.05) is 0 Å². The van der Waals surface area contributed by atoms with Gasteiger partial charge in [-0.3, -0.25) is 4.79 Å². The van der Waals surface area contributed by atoms with Gasteiger partial charge >= 0.3 is 5.97 Å². The average molecular weight is 471 g/mol. The highest BCUT2D eigenvalue weighted by molar-refractivity contribution is 5.69. The zero-order valence-electron chi connectivity index (χ0n) is 23.3. The first-order valence-electron chi connectivity index (χ1n) is 15.1. The number of allylic oxidation sites excluding steroid dienone is 1. The van der Waals surface area contributed by atoms with E-state index in [1.165, 1.54) is 57.8 Å². The second kappa shape index (κ2) is 10.7. The largest absolute Gasteiger partial charge is 0.462 e. The van der Waals surface area contributed by atoms with Crippen LogP contribution in [0, 0.1) is 46.3 Å². The van der Waals surface area contributed by atoms with Gasteiger partial charge in [0.05, 0.1) is 0 Å². The van der Waals surface area contributed by atoms with Gasteiger partial charge in [0.2, 0.25) is 0 Å². The van der Waals surface area contributed by atoms with Crippen molar-refractivity contribution < 1.29 is 9.53 Å². The zero-order chi connectivity index (χ0) is 24.5. The number of hydrogen-bond acceptors (Lipinski definition) is 2. The van der Waals surface area contributed by atoms with Crippen molar-refractivity contribution >= 4 is 5.97 Å². The van der Waals surface area contributed by atoms with Gasteiger partial charge in [0, 0.05) is 12.8 Å². The lowest BCUT2D eigenvalue weighted by Gasteiger charge is -2.58. The molecule has 0 aliphatic heterocycles. The summed E-state index contributed by atoms with van der Waals surface area (Å²) in [7, 11) is 0. The lowest BCUT2D eigenvalue weighted by Crippen LogP contribution is -2.51. The van der Waals surface area contributed by atoms with Crippen LogP contribution in [0.15, 0.2) is 11.6 Å². The molecule has 2 nitrogen and oxygen atoms in total. The normalized spacial score (nSPS) is 40.2. The van der Waals surface area contributed by atoms with E-state index in [9.17, 15) is 4.79 Å². The summed E-state index contributed by atoms with van der Waals surface area (Å²) in [5, 5.41) is 0. The number of rotatable bonds is 9. The molecule has 0 aromatic rings. The highest BCUT2D eigenvalue weighted by Crippen LogP contribution is 2.67. The highest BCUT2D eigenvalue weighted by Gasteiger charge is 2.59. The molecule has 0 radical (unpaired) electrons. The third-order valence-electron chi connectivity index (χ3n) is 11.3. The van der Waals surface area contributed by atoms with Crippen LogP contribution in [0.4, 0.5) is 0 Å². The molecule has 0 aromatic heterocycles. The van der Waals surface area contributed by atoms with E-state index in [-0.39, 0.29) is 12.1 Å². The van der Waals surface area contributed by atoms with Crippen molar-refractivity contribution in [3.8, 4) is 0 Å². The van der Waals surface area contributed by atoms with Gasteiger partial charge in [0.15, 0.2) is 0 Å². The van der Waals surface area contributed by atoms with Crippen molar-refractivity contribution in [2.24, 2.45) is 46.3 Å². The van der Waals surface area contributed by atoms with E-state index in [1.807, 2.05) is 0 Å². The number of hydrogen-bond donors (Lipinski definition) is 0. The monoisotopic (exact) mass is 470 g/mol. The molecule has 4 rings (SSSR count). The van der Waals surface area contributed by atoms with Gasteiger partial charge in [-0.25, -0.2) is 0 Å². The minimum atomic E-state index is 0.0256. The van der Waals surface area contributed by atoms with Gasteiger partial charge < -0.3 is 4.74 Å². The summed E-state index contributed by atoms with van der Waals surface area (Å²) in [6, 6.07) is 0. The summed E-state index contributed by atoms with van der Waals surface area (Å²) in [6.45, 7) is 14.7. The van der Waals surface area contributed by atoms with Crippen LogP contribution in [-0.4, -0.2) is 12.1 Å². The molecule has 0 aromatic carbocycles. The van der Waals surface area contributed by atoms with Crippen LogP contribution >= 0.6 is 0 Å². The Morgan fingerprint density at radius 3 is 2.56 bits per heavy atom. The SMILES string of the molecule is CCCCC(=O)O[C@H]1CC[C@@]2(C)C(=CC[C@@H]3[C@H]4CC[C@@H]([C@H](C)CCCC(C)C)[C@]4(C)CC[C@H]32)C1.